The van der Waals surface area contributed by atoms with Crippen molar-refractivity contribution in [2.24, 2.45) is 0 Å². The van der Waals surface area contributed by atoms with Crippen LogP contribution in [0.4, 0.5) is 0 Å². The Morgan fingerprint density at radius 2 is 1.79 bits per heavy atom. The van der Waals surface area contributed by atoms with Gasteiger partial charge in [-0.25, -0.2) is 0 Å². The minimum absolute atomic E-state index is 0.0427. The quantitative estimate of drug-likeness (QED) is 0.773. The fourth-order valence-electron chi connectivity index (χ4n) is 1.44. The Kier molecular flexibility index (Phi) is 4.62. The highest BCUT2D eigenvalue weighted by molar-refractivity contribution is 9.10. The van der Waals surface area contributed by atoms with E-state index in [0.29, 0.717) is 10.6 Å². The van der Waals surface area contributed by atoms with E-state index < -0.39 is 10.1 Å². The lowest BCUT2D eigenvalue weighted by Gasteiger charge is -2.06. The molecule has 2 rings (SSSR count). The zero-order valence-electron chi connectivity index (χ0n) is 9.71. The molecule has 3 nitrogen and oxygen atoms in total. The van der Waals surface area contributed by atoms with Crippen LogP contribution in [-0.2, 0) is 20.9 Å². The molecule has 0 unspecified atom stereocenters. The van der Waals surface area contributed by atoms with Crippen LogP contribution in [-0.4, -0.2) is 8.42 Å². The first kappa shape index (κ1) is 14.5. The summed E-state index contributed by atoms with van der Waals surface area (Å²) in [6.45, 7) is -0.0427. The normalized spacial score (nSPS) is 11.5. The summed E-state index contributed by atoms with van der Waals surface area (Å²) in [5, 5.41) is 0.544. The Labute approximate surface area is 125 Å². The Balaban J connectivity index is 2.12. The summed E-state index contributed by atoms with van der Waals surface area (Å²) < 4.78 is 29.7. The maximum Gasteiger partial charge on any atom is 0.297 e. The van der Waals surface area contributed by atoms with Crippen molar-refractivity contribution >= 4 is 37.6 Å². The van der Waals surface area contributed by atoms with Crippen LogP contribution in [0.2, 0.25) is 5.02 Å². The summed E-state index contributed by atoms with van der Waals surface area (Å²) >= 11 is 9.06. The molecule has 0 amide bonds. The van der Waals surface area contributed by atoms with E-state index in [-0.39, 0.29) is 11.5 Å². The van der Waals surface area contributed by atoms with Gasteiger partial charge >= 0.3 is 0 Å². The summed E-state index contributed by atoms with van der Waals surface area (Å²) in [7, 11) is -3.75. The van der Waals surface area contributed by atoms with Gasteiger partial charge in [-0.05, 0) is 42.0 Å². The molecule has 0 fully saturated rings. The number of hydrogen-bond acceptors (Lipinski definition) is 3. The molecular weight excluding hydrogens is 352 g/mol. The fraction of sp³-hybridized carbons (Fsp3) is 0.0769. The summed E-state index contributed by atoms with van der Waals surface area (Å²) in [6, 6.07) is 13.1. The van der Waals surface area contributed by atoms with Gasteiger partial charge in [-0.3, -0.25) is 4.18 Å². The highest BCUT2D eigenvalue weighted by atomic mass is 79.9. The molecule has 0 aliphatic heterocycles. The molecule has 0 aromatic heterocycles. The van der Waals surface area contributed by atoms with Crippen LogP contribution in [0.5, 0.6) is 0 Å². The molecule has 0 atom stereocenters. The van der Waals surface area contributed by atoms with Crippen LogP contribution < -0.4 is 0 Å². The zero-order chi connectivity index (χ0) is 13.9. The molecule has 0 radical (unpaired) electrons. The molecule has 0 saturated carbocycles. The molecule has 0 spiro atoms. The Morgan fingerprint density at radius 1 is 1.11 bits per heavy atom. The van der Waals surface area contributed by atoms with Gasteiger partial charge in [-0.15, -0.1) is 0 Å². The lowest BCUT2D eigenvalue weighted by molar-refractivity contribution is 0.308. The Bertz CT molecular complexity index is 669. The monoisotopic (exact) mass is 360 g/mol. The van der Waals surface area contributed by atoms with Gasteiger partial charge in [0.25, 0.3) is 10.1 Å². The van der Waals surface area contributed by atoms with E-state index in [0.717, 1.165) is 4.47 Å². The van der Waals surface area contributed by atoms with Gasteiger partial charge in [-0.1, -0.05) is 39.7 Å². The van der Waals surface area contributed by atoms with Crippen molar-refractivity contribution in [3.05, 3.63) is 63.6 Å². The van der Waals surface area contributed by atoms with Crippen LogP contribution in [0.3, 0.4) is 0 Å². The Hall–Kier alpha value is -0.880. The van der Waals surface area contributed by atoms with Crippen LogP contribution in [0.15, 0.2) is 57.9 Å². The van der Waals surface area contributed by atoms with Gasteiger partial charge in [0, 0.05) is 9.50 Å². The van der Waals surface area contributed by atoms with Crippen LogP contribution in [0.25, 0.3) is 0 Å². The number of halogens is 2. The summed E-state index contributed by atoms with van der Waals surface area (Å²) in [5.74, 6) is 0. The van der Waals surface area contributed by atoms with Crippen LogP contribution >= 0.6 is 27.5 Å². The third kappa shape index (κ3) is 4.04. The standard InChI is InChI=1S/C13H10BrClO3S/c14-11-4-6-13(7-5-11)19(16,17)18-9-10-2-1-3-12(15)8-10/h1-8H,9H2. The lowest BCUT2D eigenvalue weighted by atomic mass is 10.2. The van der Waals surface area contributed by atoms with Gasteiger partial charge in [0.2, 0.25) is 0 Å². The molecule has 2 aromatic rings. The third-order valence-corrected chi connectivity index (χ3v) is 4.41. The second kappa shape index (κ2) is 6.05. The van der Waals surface area contributed by atoms with Crippen molar-refractivity contribution in [3.63, 3.8) is 0 Å². The second-order valence-electron chi connectivity index (χ2n) is 3.80. The first-order chi connectivity index (χ1) is 8.97. The SMILES string of the molecule is O=S(=O)(OCc1cccc(Cl)c1)c1ccc(Br)cc1. The van der Waals surface area contributed by atoms with Gasteiger partial charge < -0.3 is 0 Å². The minimum atomic E-state index is -3.75. The number of hydrogen-bond donors (Lipinski definition) is 0. The van der Waals surface area contributed by atoms with E-state index in [1.165, 1.54) is 12.1 Å². The van der Waals surface area contributed by atoms with Crippen LogP contribution in [0.1, 0.15) is 5.56 Å². The van der Waals surface area contributed by atoms with Crippen molar-refractivity contribution < 1.29 is 12.6 Å². The van der Waals surface area contributed by atoms with Gasteiger partial charge in [0.15, 0.2) is 0 Å². The van der Waals surface area contributed by atoms with Crippen molar-refractivity contribution in [1.29, 1.82) is 0 Å². The van der Waals surface area contributed by atoms with E-state index >= 15 is 0 Å². The summed E-state index contributed by atoms with van der Waals surface area (Å²) in [5.41, 5.74) is 0.702. The first-order valence-corrected chi connectivity index (χ1v) is 7.95. The second-order valence-corrected chi connectivity index (χ2v) is 6.77. The minimum Gasteiger partial charge on any atom is -0.262 e. The smallest absolute Gasteiger partial charge is 0.262 e. The molecule has 0 aliphatic rings. The molecule has 6 heteroatoms. The van der Waals surface area contributed by atoms with Crippen molar-refractivity contribution in [2.75, 3.05) is 0 Å². The predicted molar refractivity (Wildman–Crippen MR) is 77.6 cm³/mol. The predicted octanol–water partition coefficient (Wildman–Crippen LogP) is 4.01. The molecule has 0 saturated heterocycles. The van der Waals surface area contributed by atoms with Gasteiger partial charge in [-0.2, -0.15) is 8.42 Å². The Morgan fingerprint density at radius 3 is 2.42 bits per heavy atom. The average molecular weight is 362 g/mol. The topological polar surface area (TPSA) is 43.4 Å². The average Bonchev–Trinajstić information content (AvgIpc) is 2.37. The largest absolute Gasteiger partial charge is 0.297 e. The molecule has 100 valence electrons. The maximum atomic E-state index is 11.9. The van der Waals surface area contributed by atoms with Gasteiger partial charge in [0.05, 0.1) is 11.5 Å². The lowest BCUT2D eigenvalue weighted by Crippen LogP contribution is -2.06. The van der Waals surface area contributed by atoms with Crippen molar-refractivity contribution in [1.82, 2.24) is 0 Å². The molecule has 0 bridgehead atoms. The maximum absolute atomic E-state index is 11.9. The molecular formula is C13H10BrClO3S. The van der Waals surface area contributed by atoms with E-state index in [4.69, 9.17) is 15.8 Å². The summed E-state index contributed by atoms with van der Waals surface area (Å²) in [4.78, 5) is 0.123. The number of benzene rings is 2. The first-order valence-electron chi connectivity index (χ1n) is 5.37. The van der Waals surface area contributed by atoms with E-state index in [2.05, 4.69) is 15.9 Å². The molecule has 0 N–H and O–H groups in total. The highest BCUT2D eigenvalue weighted by Gasteiger charge is 2.15. The van der Waals surface area contributed by atoms with Gasteiger partial charge in [0.1, 0.15) is 0 Å². The van der Waals surface area contributed by atoms with Crippen molar-refractivity contribution in [3.8, 4) is 0 Å². The molecule has 19 heavy (non-hydrogen) atoms. The zero-order valence-corrected chi connectivity index (χ0v) is 12.9. The van der Waals surface area contributed by atoms with Crippen LogP contribution in [0, 0.1) is 0 Å². The third-order valence-electron chi connectivity index (χ3n) is 2.37. The summed E-state index contributed by atoms with van der Waals surface area (Å²) in [6.07, 6.45) is 0. The molecule has 2 aromatic carbocycles. The highest BCUT2D eigenvalue weighted by Crippen LogP contribution is 2.18. The van der Waals surface area contributed by atoms with E-state index in [1.807, 2.05) is 0 Å². The number of rotatable bonds is 4. The fourth-order valence-corrected chi connectivity index (χ4v) is 2.82. The van der Waals surface area contributed by atoms with E-state index in [1.54, 1.807) is 36.4 Å². The molecule has 0 aliphatic carbocycles. The van der Waals surface area contributed by atoms with E-state index in [9.17, 15) is 8.42 Å². The van der Waals surface area contributed by atoms with Crippen molar-refractivity contribution in [2.45, 2.75) is 11.5 Å². The molecule has 0 heterocycles.